The molecule has 2 atom stereocenters. The molecule has 0 aromatic rings. The molecule has 0 bridgehead atoms. The molecule has 0 aliphatic carbocycles. The van der Waals surface area contributed by atoms with Crippen molar-refractivity contribution in [3.05, 3.63) is 0 Å². The molecule has 1 aliphatic heterocycles. The Hall–Kier alpha value is -0.420. The van der Waals surface area contributed by atoms with Crippen LogP contribution in [0.25, 0.3) is 0 Å². The monoisotopic (exact) mass is 286 g/mol. The standard InChI is InChI=1S/C14H30N4S/c1-5-12(2)18(4)9-8-16-14(15-3)17-11-13-7-6-10-19-13/h12-13H,5-11H2,1-4H3,(H2,15,16,17). The highest BCUT2D eigenvalue weighted by Gasteiger charge is 2.15. The van der Waals surface area contributed by atoms with Gasteiger partial charge in [-0.1, -0.05) is 6.92 Å². The van der Waals surface area contributed by atoms with Gasteiger partial charge in [0.2, 0.25) is 0 Å². The fraction of sp³-hybridized carbons (Fsp3) is 0.929. The van der Waals surface area contributed by atoms with E-state index < -0.39 is 0 Å². The van der Waals surface area contributed by atoms with Gasteiger partial charge in [0, 0.05) is 38.0 Å². The summed E-state index contributed by atoms with van der Waals surface area (Å²) in [7, 11) is 4.02. The van der Waals surface area contributed by atoms with Gasteiger partial charge in [0.25, 0.3) is 0 Å². The van der Waals surface area contributed by atoms with Gasteiger partial charge in [-0.25, -0.2) is 0 Å². The number of rotatable bonds is 7. The van der Waals surface area contributed by atoms with Crippen molar-refractivity contribution in [1.29, 1.82) is 0 Å². The van der Waals surface area contributed by atoms with Crippen molar-refractivity contribution in [2.75, 3.05) is 39.5 Å². The third-order valence-electron chi connectivity index (χ3n) is 3.84. The van der Waals surface area contributed by atoms with Gasteiger partial charge in [-0.3, -0.25) is 4.99 Å². The zero-order chi connectivity index (χ0) is 14.1. The largest absolute Gasteiger partial charge is 0.355 e. The smallest absolute Gasteiger partial charge is 0.191 e. The Kier molecular flexibility index (Phi) is 8.30. The predicted octanol–water partition coefficient (Wildman–Crippen LogP) is 1.78. The van der Waals surface area contributed by atoms with E-state index in [0.717, 1.165) is 30.8 Å². The maximum atomic E-state index is 4.28. The van der Waals surface area contributed by atoms with Gasteiger partial charge in [0.15, 0.2) is 5.96 Å². The number of nitrogens with zero attached hydrogens (tertiary/aromatic N) is 2. The average Bonchev–Trinajstić information content (AvgIpc) is 2.94. The van der Waals surface area contributed by atoms with Gasteiger partial charge in [-0.2, -0.15) is 11.8 Å². The number of nitrogens with one attached hydrogen (secondary N) is 2. The van der Waals surface area contributed by atoms with Crippen molar-refractivity contribution in [2.24, 2.45) is 4.99 Å². The van der Waals surface area contributed by atoms with Crippen LogP contribution in [0, 0.1) is 0 Å². The van der Waals surface area contributed by atoms with Crippen molar-refractivity contribution in [2.45, 2.75) is 44.4 Å². The van der Waals surface area contributed by atoms with E-state index in [1.54, 1.807) is 0 Å². The predicted molar refractivity (Wildman–Crippen MR) is 87.2 cm³/mol. The fourth-order valence-corrected chi connectivity index (χ4v) is 3.32. The number of hydrogen-bond acceptors (Lipinski definition) is 3. The molecule has 0 saturated carbocycles. The molecule has 1 fully saturated rings. The minimum atomic E-state index is 0.645. The first-order chi connectivity index (χ1) is 9.17. The van der Waals surface area contributed by atoms with Gasteiger partial charge < -0.3 is 15.5 Å². The first-order valence-electron chi connectivity index (χ1n) is 7.43. The van der Waals surface area contributed by atoms with Crippen molar-refractivity contribution >= 4 is 17.7 Å². The molecule has 1 saturated heterocycles. The quantitative estimate of drug-likeness (QED) is 0.553. The Balaban J connectivity index is 2.14. The van der Waals surface area contributed by atoms with E-state index in [0.29, 0.717) is 6.04 Å². The van der Waals surface area contributed by atoms with Crippen molar-refractivity contribution in [3.8, 4) is 0 Å². The van der Waals surface area contributed by atoms with E-state index in [1.807, 2.05) is 7.05 Å². The summed E-state index contributed by atoms with van der Waals surface area (Å²) >= 11 is 2.08. The minimum absolute atomic E-state index is 0.645. The van der Waals surface area contributed by atoms with Crippen molar-refractivity contribution in [3.63, 3.8) is 0 Å². The van der Waals surface area contributed by atoms with Crippen LogP contribution in [0.15, 0.2) is 4.99 Å². The van der Waals surface area contributed by atoms with Crippen LogP contribution in [-0.2, 0) is 0 Å². The second-order valence-electron chi connectivity index (χ2n) is 5.25. The highest BCUT2D eigenvalue weighted by Crippen LogP contribution is 2.25. The van der Waals surface area contributed by atoms with Crippen LogP contribution < -0.4 is 10.6 Å². The van der Waals surface area contributed by atoms with Crippen molar-refractivity contribution in [1.82, 2.24) is 15.5 Å². The van der Waals surface area contributed by atoms with E-state index in [4.69, 9.17) is 0 Å². The summed E-state index contributed by atoms with van der Waals surface area (Å²) in [5, 5.41) is 7.58. The Morgan fingerprint density at radius 1 is 1.47 bits per heavy atom. The molecule has 112 valence electrons. The lowest BCUT2D eigenvalue weighted by molar-refractivity contribution is 0.255. The molecule has 2 unspecified atom stereocenters. The van der Waals surface area contributed by atoms with E-state index in [1.165, 1.54) is 25.0 Å². The maximum Gasteiger partial charge on any atom is 0.191 e. The number of guanidine groups is 1. The first-order valence-corrected chi connectivity index (χ1v) is 8.48. The summed E-state index contributed by atoms with van der Waals surface area (Å²) in [6, 6.07) is 0.645. The number of aliphatic imine (C=N–C) groups is 1. The topological polar surface area (TPSA) is 39.7 Å². The van der Waals surface area contributed by atoms with E-state index in [9.17, 15) is 0 Å². The molecule has 19 heavy (non-hydrogen) atoms. The lowest BCUT2D eigenvalue weighted by Gasteiger charge is -2.24. The molecule has 4 nitrogen and oxygen atoms in total. The lowest BCUT2D eigenvalue weighted by atomic mass is 10.2. The Morgan fingerprint density at radius 3 is 2.84 bits per heavy atom. The van der Waals surface area contributed by atoms with Crippen LogP contribution in [0.2, 0.25) is 0 Å². The molecular formula is C14H30N4S. The van der Waals surface area contributed by atoms with Gasteiger partial charge in [0.05, 0.1) is 0 Å². The Labute approximate surface area is 122 Å². The SMILES string of the molecule is CCC(C)N(C)CCNC(=NC)NCC1CCCS1. The third-order valence-corrected chi connectivity index (χ3v) is 5.24. The highest BCUT2D eigenvalue weighted by molar-refractivity contribution is 8.00. The van der Waals surface area contributed by atoms with Gasteiger partial charge in [-0.15, -0.1) is 0 Å². The van der Waals surface area contributed by atoms with E-state index in [-0.39, 0.29) is 0 Å². The second-order valence-corrected chi connectivity index (χ2v) is 6.66. The molecule has 5 heteroatoms. The number of hydrogen-bond donors (Lipinski definition) is 2. The fourth-order valence-electron chi connectivity index (χ4n) is 2.12. The zero-order valence-corrected chi connectivity index (χ0v) is 13.7. The summed E-state index contributed by atoms with van der Waals surface area (Å²) in [5.41, 5.74) is 0. The Bertz CT molecular complexity index is 264. The molecule has 0 aromatic heterocycles. The van der Waals surface area contributed by atoms with Crippen LogP contribution in [0.1, 0.15) is 33.1 Å². The van der Waals surface area contributed by atoms with Crippen molar-refractivity contribution < 1.29 is 0 Å². The van der Waals surface area contributed by atoms with Crippen LogP contribution in [0.4, 0.5) is 0 Å². The second kappa shape index (κ2) is 9.48. The van der Waals surface area contributed by atoms with Gasteiger partial charge in [-0.05, 0) is 39.0 Å². The number of likely N-dealkylation sites (N-methyl/N-ethyl adjacent to an activating group) is 1. The summed E-state index contributed by atoms with van der Waals surface area (Å²) < 4.78 is 0. The maximum absolute atomic E-state index is 4.28. The molecule has 2 N–H and O–H groups in total. The number of thioether (sulfide) groups is 1. The minimum Gasteiger partial charge on any atom is -0.355 e. The highest BCUT2D eigenvalue weighted by atomic mass is 32.2. The third kappa shape index (κ3) is 6.52. The lowest BCUT2D eigenvalue weighted by Crippen LogP contribution is -2.43. The first kappa shape index (κ1) is 16.6. The van der Waals surface area contributed by atoms with Gasteiger partial charge in [0.1, 0.15) is 0 Å². The van der Waals surface area contributed by atoms with E-state index >= 15 is 0 Å². The molecular weight excluding hydrogens is 256 g/mol. The summed E-state index contributed by atoms with van der Waals surface area (Å²) in [5.74, 6) is 2.25. The van der Waals surface area contributed by atoms with Crippen LogP contribution in [0.3, 0.4) is 0 Å². The average molecular weight is 286 g/mol. The molecule has 1 heterocycles. The summed E-state index contributed by atoms with van der Waals surface area (Å²) in [6.45, 7) is 7.52. The molecule has 0 spiro atoms. The normalized spacial score (nSPS) is 21.7. The Morgan fingerprint density at radius 2 is 2.26 bits per heavy atom. The summed E-state index contributed by atoms with van der Waals surface area (Å²) in [6.07, 6.45) is 3.90. The van der Waals surface area contributed by atoms with Crippen LogP contribution >= 0.6 is 11.8 Å². The molecule has 0 amide bonds. The van der Waals surface area contributed by atoms with Crippen LogP contribution in [0.5, 0.6) is 0 Å². The molecule has 0 radical (unpaired) electrons. The molecule has 0 aromatic carbocycles. The summed E-state index contributed by atoms with van der Waals surface area (Å²) in [4.78, 5) is 6.66. The van der Waals surface area contributed by atoms with Gasteiger partial charge >= 0.3 is 0 Å². The molecule has 1 aliphatic rings. The molecule has 1 rings (SSSR count). The van der Waals surface area contributed by atoms with E-state index in [2.05, 4.69) is 53.2 Å². The van der Waals surface area contributed by atoms with Crippen LogP contribution in [-0.4, -0.2) is 61.6 Å². The zero-order valence-electron chi connectivity index (χ0n) is 12.9.